The number of rotatable bonds is 3. The number of hydrogen-bond donors (Lipinski definition) is 1. The molecule has 1 fully saturated rings. The van der Waals surface area contributed by atoms with Gasteiger partial charge in [-0.3, -0.25) is 0 Å². The van der Waals surface area contributed by atoms with Crippen LogP contribution in [0.3, 0.4) is 0 Å². The molecule has 1 heterocycles. The highest BCUT2D eigenvalue weighted by atomic mass is 79.9. The van der Waals surface area contributed by atoms with Crippen LogP contribution < -0.4 is 9.47 Å². The molecule has 0 spiro atoms. The van der Waals surface area contributed by atoms with Crippen molar-refractivity contribution in [2.75, 3.05) is 7.11 Å². The van der Waals surface area contributed by atoms with Gasteiger partial charge in [-0.2, -0.15) is 0 Å². The molecule has 96 valence electrons. The molecule has 1 saturated carbocycles. The molecule has 1 N–H and O–H groups in total. The van der Waals surface area contributed by atoms with Gasteiger partial charge in [-0.25, -0.2) is 0 Å². The minimum atomic E-state index is -0.0201. The Balaban J connectivity index is 2.07. The van der Waals surface area contributed by atoms with Crippen molar-refractivity contribution in [1.29, 1.82) is 0 Å². The number of methoxy groups -OCH3 is 1. The second-order valence-corrected chi connectivity index (χ2v) is 5.52. The summed E-state index contributed by atoms with van der Waals surface area (Å²) in [5.74, 6) is 2.13. The van der Waals surface area contributed by atoms with E-state index in [0.29, 0.717) is 11.7 Å². The molecule has 3 rings (SSSR count). The van der Waals surface area contributed by atoms with Gasteiger partial charge in [0.25, 0.3) is 0 Å². The molecule has 0 amide bonds. The summed E-state index contributed by atoms with van der Waals surface area (Å²) in [6, 6.07) is 1.84. The first-order valence-electron chi connectivity index (χ1n) is 6.09. The van der Waals surface area contributed by atoms with E-state index in [1.54, 1.807) is 7.11 Å². The highest BCUT2D eigenvalue weighted by Gasteiger charge is 2.34. The van der Waals surface area contributed by atoms with Crippen molar-refractivity contribution < 1.29 is 14.6 Å². The fourth-order valence-corrected chi connectivity index (χ4v) is 2.88. The molecule has 0 aromatic heterocycles. The van der Waals surface area contributed by atoms with Crippen LogP contribution in [-0.2, 0) is 6.61 Å². The van der Waals surface area contributed by atoms with Gasteiger partial charge in [-0.1, -0.05) is 6.08 Å². The molecule has 1 aromatic carbocycles. The van der Waals surface area contributed by atoms with E-state index < -0.39 is 0 Å². The van der Waals surface area contributed by atoms with Gasteiger partial charge < -0.3 is 14.6 Å². The van der Waals surface area contributed by atoms with Gasteiger partial charge in [0, 0.05) is 5.56 Å². The first-order chi connectivity index (χ1) is 8.74. The van der Waals surface area contributed by atoms with Gasteiger partial charge in [0.1, 0.15) is 22.1 Å². The molecule has 1 atom stereocenters. The fraction of sp³-hybridized carbons (Fsp3) is 0.429. The summed E-state index contributed by atoms with van der Waals surface area (Å²) in [6.45, 7) is -0.0201. The van der Waals surface area contributed by atoms with Crippen molar-refractivity contribution in [2.24, 2.45) is 5.92 Å². The number of hydrogen-bond acceptors (Lipinski definition) is 3. The molecule has 1 aliphatic heterocycles. The Morgan fingerprint density at radius 2 is 2.28 bits per heavy atom. The Morgan fingerprint density at radius 3 is 2.89 bits per heavy atom. The van der Waals surface area contributed by atoms with Crippen LogP contribution in [0.1, 0.15) is 24.0 Å². The van der Waals surface area contributed by atoms with Crippen LogP contribution >= 0.6 is 15.9 Å². The minimum absolute atomic E-state index is 0.0201. The van der Waals surface area contributed by atoms with Crippen molar-refractivity contribution in [1.82, 2.24) is 0 Å². The maximum Gasteiger partial charge on any atom is 0.145 e. The lowest BCUT2D eigenvalue weighted by Gasteiger charge is -2.25. The van der Waals surface area contributed by atoms with Crippen molar-refractivity contribution in [3.05, 3.63) is 27.7 Å². The summed E-state index contributed by atoms with van der Waals surface area (Å²) >= 11 is 3.52. The largest absolute Gasteiger partial charge is 0.495 e. The van der Waals surface area contributed by atoms with E-state index in [1.165, 1.54) is 12.8 Å². The first kappa shape index (κ1) is 12.1. The lowest BCUT2D eigenvalue weighted by Crippen LogP contribution is -2.20. The average molecular weight is 311 g/mol. The predicted molar refractivity (Wildman–Crippen MR) is 72.8 cm³/mol. The number of halogens is 1. The molecule has 1 unspecified atom stereocenters. The number of aliphatic hydroxyl groups is 1. The van der Waals surface area contributed by atoms with Gasteiger partial charge in [-0.05, 0) is 52.4 Å². The van der Waals surface area contributed by atoms with E-state index in [2.05, 4.69) is 28.1 Å². The Morgan fingerprint density at radius 1 is 1.50 bits per heavy atom. The highest BCUT2D eigenvalue weighted by molar-refractivity contribution is 9.10. The van der Waals surface area contributed by atoms with E-state index in [9.17, 15) is 5.11 Å². The zero-order valence-electron chi connectivity index (χ0n) is 10.1. The van der Waals surface area contributed by atoms with Crippen molar-refractivity contribution in [3.8, 4) is 11.5 Å². The third-order valence-electron chi connectivity index (χ3n) is 3.49. The Hall–Kier alpha value is -1.00. The van der Waals surface area contributed by atoms with Crippen LogP contribution in [0.2, 0.25) is 0 Å². The smallest absolute Gasteiger partial charge is 0.145 e. The van der Waals surface area contributed by atoms with Crippen molar-refractivity contribution in [3.63, 3.8) is 0 Å². The number of benzene rings is 1. The Kier molecular flexibility index (Phi) is 3.08. The van der Waals surface area contributed by atoms with Crippen LogP contribution in [-0.4, -0.2) is 18.3 Å². The summed E-state index contributed by atoms with van der Waals surface area (Å²) in [4.78, 5) is 0. The van der Waals surface area contributed by atoms with Crippen LogP contribution in [0.4, 0.5) is 0 Å². The molecule has 0 bridgehead atoms. The van der Waals surface area contributed by atoms with Crippen LogP contribution in [0, 0.1) is 5.92 Å². The maximum absolute atomic E-state index is 9.43. The SMILES string of the molecule is COc1cc(CO)c2c(c1Br)OC(C1CC1)C=C2. The summed E-state index contributed by atoms with van der Waals surface area (Å²) in [5.41, 5.74) is 1.78. The van der Waals surface area contributed by atoms with Gasteiger partial charge in [0.05, 0.1) is 13.7 Å². The van der Waals surface area contributed by atoms with E-state index in [-0.39, 0.29) is 12.7 Å². The molecule has 1 aliphatic carbocycles. The molecule has 4 heteroatoms. The van der Waals surface area contributed by atoms with Crippen LogP contribution in [0.15, 0.2) is 16.6 Å². The first-order valence-corrected chi connectivity index (χ1v) is 6.89. The quantitative estimate of drug-likeness (QED) is 0.932. The summed E-state index contributed by atoms with van der Waals surface area (Å²) in [7, 11) is 1.62. The summed E-state index contributed by atoms with van der Waals surface area (Å²) in [5, 5.41) is 9.43. The van der Waals surface area contributed by atoms with Crippen molar-refractivity contribution >= 4 is 22.0 Å². The topological polar surface area (TPSA) is 38.7 Å². The normalized spacial score (nSPS) is 21.4. The minimum Gasteiger partial charge on any atom is -0.495 e. The molecule has 2 aliphatic rings. The second-order valence-electron chi connectivity index (χ2n) is 4.73. The Labute approximate surface area is 115 Å². The number of fused-ring (bicyclic) bond motifs is 1. The molecular formula is C14H15BrO3. The Bertz CT molecular complexity index is 506. The van der Waals surface area contributed by atoms with E-state index in [1.807, 2.05) is 6.07 Å². The zero-order chi connectivity index (χ0) is 12.7. The summed E-state index contributed by atoms with van der Waals surface area (Å²) in [6.07, 6.45) is 6.78. The molecule has 18 heavy (non-hydrogen) atoms. The molecule has 1 aromatic rings. The summed E-state index contributed by atoms with van der Waals surface area (Å²) < 4.78 is 12.2. The highest BCUT2D eigenvalue weighted by Crippen LogP contribution is 2.46. The maximum atomic E-state index is 9.43. The van der Waals surface area contributed by atoms with E-state index in [0.717, 1.165) is 21.3 Å². The third kappa shape index (κ3) is 1.93. The molecular weight excluding hydrogens is 296 g/mol. The molecule has 0 radical (unpaired) electrons. The van der Waals surface area contributed by atoms with Crippen LogP contribution in [0.5, 0.6) is 11.5 Å². The second kappa shape index (κ2) is 4.59. The van der Waals surface area contributed by atoms with Gasteiger partial charge in [0.2, 0.25) is 0 Å². The van der Waals surface area contributed by atoms with Crippen molar-refractivity contribution in [2.45, 2.75) is 25.6 Å². The third-order valence-corrected chi connectivity index (χ3v) is 4.25. The van der Waals surface area contributed by atoms with Gasteiger partial charge in [-0.15, -0.1) is 0 Å². The van der Waals surface area contributed by atoms with E-state index >= 15 is 0 Å². The lowest BCUT2D eigenvalue weighted by molar-refractivity contribution is 0.218. The molecule has 3 nitrogen and oxygen atoms in total. The molecule has 0 saturated heterocycles. The predicted octanol–water partition coefficient (Wildman–Crippen LogP) is 3.13. The standard InChI is InChI=1S/C14H15BrO3/c1-17-12-6-9(7-16)10-4-5-11(8-2-3-8)18-14(10)13(12)15/h4-6,8,11,16H,2-3,7H2,1H3. The van der Waals surface area contributed by atoms with E-state index in [4.69, 9.17) is 9.47 Å². The van der Waals surface area contributed by atoms with Crippen LogP contribution in [0.25, 0.3) is 6.08 Å². The fourth-order valence-electron chi connectivity index (χ4n) is 2.30. The number of aliphatic hydroxyl groups excluding tert-OH is 1. The van der Waals surface area contributed by atoms with Gasteiger partial charge in [0.15, 0.2) is 0 Å². The monoisotopic (exact) mass is 310 g/mol. The van der Waals surface area contributed by atoms with Gasteiger partial charge >= 0.3 is 0 Å². The average Bonchev–Trinajstić information content (AvgIpc) is 3.23. The lowest BCUT2D eigenvalue weighted by atomic mass is 10.0. The zero-order valence-corrected chi connectivity index (χ0v) is 11.7. The number of ether oxygens (including phenoxy) is 2.